The molecule has 0 saturated heterocycles. The third kappa shape index (κ3) is 5.69. The number of hydrogen-bond donors (Lipinski definition) is 4. The highest BCUT2D eigenvalue weighted by Crippen LogP contribution is 2.51. The number of ketones is 4. The molecule has 0 radical (unpaired) electrons. The number of carbonyl (C=O) groups is 6. The van der Waals surface area contributed by atoms with Crippen LogP contribution < -0.4 is 10.1 Å². The van der Waals surface area contributed by atoms with Crippen molar-refractivity contribution in [1.82, 2.24) is 5.32 Å². The van der Waals surface area contributed by atoms with Gasteiger partial charge in [0, 0.05) is 50.2 Å². The molecule has 1 aromatic rings. The van der Waals surface area contributed by atoms with Crippen LogP contribution in [0.3, 0.4) is 0 Å². The summed E-state index contributed by atoms with van der Waals surface area (Å²) < 4.78 is 29.1. The summed E-state index contributed by atoms with van der Waals surface area (Å²) >= 11 is 0. The molecule has 0 spiro atoms. The second-order valence-electron chi connectivity index (χ2n) is 14.9. The number of ether oxygens (including phenoxy) is 5. The number of hydrogen-bond acceptors (Lipinski definition) is 14. The highest BCUT2D eigenvalue weighted by atomic mass is 16.7. The fourth-order valence-corrected chi connectivity index (χ4v) is 7.96. The van der Waals surface area contributed by atoms with Crippen LogP contribution in [-0.2, 0) is 33.3 Å². The molecule has 1 amide bonds. The zero-order valence-corrected chi connectivity index (χ0v) is 30.1. The Morgan fingerprint density at radius 1 is 0.942 bits per heavy atom. The van der Waals surface area contributed by atoms with Crippen molar-refractivity contribution in [2.45, 2.75) is 97.1 Å². The molecule has 15 heteroatoms. The summed E-state index contributed by atoms with van der Waals surface area (Å²) in [6.07, 6.45) is -1.81. The van der Waals surface area contributed by atoms with Crippen molar-refractivity contribution in [3.63, 3.8) is 0 Å². The molecule has 15 nitrogen and oxygen atoms in total. The van der Waals surface area contributed by atoms with Gasteiger partial charge in [0.25, 0.3) is 11.7 Å². The van der Waals surface area contributed by atoms with Gasteiger partial charge in [-0.2, -0.15) is 0 Å². The third-order valence-electron chi connectivity index (χ3n) is 11.3. The molecule has 3 heterocycles. The van der Waals surface area contributed by atoms with Gasteiger partial charge in [0.15, 0.2) is 11.4 Å². The summed E-state index contributed by atoms with van der Waals surface area (Å²) in [7, 11) is 1.40. The molecule has 5 bridgehead atoms. The van der Waals surface area contributed by atoms with Crippen LogP contribution in [0.25, 0.3) is 0 Å². The number of phenols is 1. The number of fused-ring (bicyclic) bond motifs is 3. The normalized spacial score (nSPS) is 38.0. The van der Waals surface area contributed by atoms with Gasteiger partial charge in [0.1, 0.15) is 29.1 Å². The highest BCUT2D eigenvalue weighted by molar-refractivity contribution is 6.32. The van der Waals surface area contributed by atoms with Crippen LogP contribution in [-0.4, -0.2) is 93.2 Å². The van der Waals surface area contributed by atoms with Crippen molar-refractivity contribution in [2.75, 3.05) is 7.11 Å². The van der Waals surface area contributed by atoms with E-state index in [1.807, 2.05) is 0 Å². The Kier molecular flexibility index (Phi) is 9.16. The summed E-state index contributed by atoms with van der Waals surface area (Å²) in [5.41, 5.74) is -3.93. The monoisotopic (exact) mass is 725 g/mol. The Labute approximate surface area is 299 Å². The van der Waals surface area contributed by atoms with Crippen molar-refractivity contribution < 1.29 is 67.8 Å². The van der Waals surface area contributed by atoms with E-state index in [0.717, 1.165) is 6.26 Å². The van der Waals surface area contributed by atoms with Gasteiger partial charge in [-0.1, -0.05) is 20.8 Å². The van der Waals surface area contributed by atoms with Crippen LogP contribution in [0.5, 0.6) is 11.5 Å². The van der Waals surface area contributed by atoms with Gasteiger partial charge in [-0.25, -0.2) is 0 Å². The minimum atomic E-state index is -2.10. The lowest BCUT2D eigenvalue weighted by Crippen LogP contribution is -2.54. The lowest BCUT2D eigenvalue weighted by atomic mass is 9.79. The minimum Gasteiger partial charge on any atom is -0.507 e. The summed E-state index contributed by atoms with van der Waals surface area (Å²) in [6.45, 7) is 10.2. The Morgan fingerprint density at radius 2 is 1.62 bits per heavy atom. The van der Waals surface area contributed by atoms with Crippen LogP contribution in [0.1, 0.15) is 91.0 Å². The van der Waals surface area contributed by atoms with Crippen molar-refractivity contribution in [3.05, 3.63) is 46.0 Å². The highest BCUT2D eigenvalue weighted by Gasteiger charge is 2.57. The van der Waals surface area contributed by atoms with Crippen LogP contribution in [0.15, 0.2) is 23.8 Å². The molecule has 1 aromatic carbocycles. The van der Waals surface area contributed by atoms with Gasteiger partial charge in [-0.3, -0.25) is 28.8 Å². The van der Waals surface area contributed by atoms with E-state index in [1.54, 1.807) is 20.8 Å². The Morgan fingerprint density at radius 3 is 2.25 bits per heavy atom. The second kappa shape index (κ2) is 12.8. The van der Waals surface area contributed by atoms with E-state index < -0.39 is 135 Å². The number of rotatable bonds is 2. The molecule has 0 aromatic heterocycles. The lowest BCUT2D eigenvalue weighted by molar-refractivity contribution is -0.160. The van der Waals surface area contributed by atoms with Crippen molar-refractivity contribution in [3.8, 4) is 11.5 Å². The number of allylic oxidation sites excluding steroid dienone is 2. The van der Waals surface area contributed by atoms with Crippen molar-refractivity contribution in [1.29, 1.82) is 0 Å². The number of carbonyl (C=O) groups excluding carboxylic acids is 6. The molecule has 280 valence electrons. The SMILES string of the molecule is CO[C@H]1/C=C/O[C@@]2(C)Oc3c(C)c(O)c4c(c3C2=O)C(=O)C2=C(NC(=O)[C@](C)(CC(=O)[C@@H]3C[C@@H]3[C@H](O)[C@@H](C)[C@@H](O)[C@@H](C)[C@H](OC(C)=O)[C@@H]1C)O2)C4=O. The van der Waals surface area contributed by atoms with E-state index in [1.165, 1.54) is 40.9 Å². The number of aliphatic hydroxyl groups excluding tert-OH is 2. The number of aromatic hydroxyl groups is 1. The smallest absolute Gasteiger partial charge is 0.312 e. The van der Waals surface area contributed by atoms with Crippen LogP contribution in [0, 0.1) is 36.5 Å². The predicted octanol–water partition coefficient (Wildman–Crippen LogP) is 2.20. The summed E-state index contributed by atoms with van der Waals surface area (Å²) in [5.74, 6) is -11.8. The number of amides is 1. The number of methoxy groups -OCH3 is 1. The fraction of sp³-hybridized carbons (Fsp3) is 0.568. The standard InChI is InChI=1S/C37H43NO14/c1-13-21(48-8)9-10-49-37(7)34(46)24-22-23(28(43)16(4)32(24)52-37)29(44)25-33(30(22)45)51-36(6,35(47)38-25)12-20(40)18-11-19(18)27(42)14(2)26(41)15(3)31(13)50-17(5)39/h9-10,13-15,18-19,21,26-27,31,41-43H,11-12H2,1-8H3,(H,38,47)/b10-9+/t13-,14+,15-,18-,19+,21+,26-,27-,31-,36+,37+/m1/s1. The molecule has 5 aliphatic rings. The van der Waals surface area contributed by atoms with Crippen molar-refractivity contribution >= 4 is 35.0 Å². The molecule has 1 saturated carbocycles. The first-order chi connectivity index (χ1) is 24.3. The summed E-state index contributed by atoms with van der Waals surface area (Å²) in [5, 5.41) is 36.4. The van der Waals surface area contributed by atoms with E-state index in [-0.39, 0.29) is 23.3 Å². The van der Waals surface area contributed by atoms with Gasteiger partial charge >= 0.3 is 11.8 Å². The molecule has 52 heavy (non-hydrogen) atoms. The minimum absolute atomic E-state index is 0.0387. The zero-order chi connectivity index (χ0) is 38.4. The Hall–Kier alpha value is -4.60. The maximum Gasteiger partial charge on any atom is 0.312 e. The van der Waals surface area contributed by atoms with Crippen LogP contribution >= 0.6 is 0 Å². The Balaban J connectivity index is 1.45. The Bertz CT molecular complexity index is 1860. The molecular weight excluding hydrogens is 682 g/mol. The average Bonchev–Trinajstić information content (AvgIpc) is 3.85. The van der Waals surface area contributed by atoms with Gasteiger partial charge in [-0.15, -0.1) is 0 Å². The average molecular weight is 726 g/mol. The molecular formula is C37H43NO14. The zero-order valence-electron chi connectivity index (χ0n) is 30.1. The molecule has 1 fully saturated rings. The van der Waals surface area contributed by atoms with E-state index in [9.17, 15) is 44.1 Å². The number of phenolic OH excluding ortho intramolecular Hbond substituents is 1. The van der Waals surface area contributed by atoms with Gasteiger partial charge < -0.3 is 44.3 Å². The first kappa shape index (κ1) is 37.2. The number of esters is 1. The van der Waals surface area contributed by atoms with E-state index >= 15 is 0 Å². The summed E-state index contributed by atoms with van der Waals surface area (Å²) in [4.78, 5) is 81.4. The van der Waals surface area contributed by atoms with Gasteiger partial charge in [0.2, 0.25) is 11.6 Å². The lowest BCUT2D eigenvalue weighted by Gasteiger charge is -2.37. The predicted molar refractivity (Wildman–Crippen MR) is 177 cm³/mol. The molecule has 11 atom stereocenters. The number of nitrogens with one attached hydrogen (secondary N) is 1. The first-order valence-electron chi connectivity index (χ1n) is 17.2. The number of benzene rings is 1. The molecule has 0 unspecified atom stereocenters. The maximum absolute atomic E-state index is 14.2. The largest absolute Gasteiger partial charge is 0.507 e. The fourth-order valence-electron chi connectivity index (χ4n) is 7.96. The topological polar surface area (TPSA) is 221 Å². The first-order valence-corrected chi connectivity index (χ1v) is 17.2. The quantitative estimate of drug-likeness (QED) is 0.321. The van der Waals surface area contributed by atoms with E-state index in [4.69, 9.17) is 23.7 Å². The summed E-state index contributed by atoms with van der Waals surface area (Å²) in [6, 6.07) is 0. The van der Waals surface area contributed by atoms with Crippen LogP contribution in [0.2, 0.25) is 0 Å². The number of aliphatic hydroxyl groups is 2. The molecule has 4 N–H and O–H groups in total. The second-order valence-corrected chi connectivity index (χ2v) is 14.9. The molecule has 6 rings (SSSR count). The maximum atomic E-state index is 14.2. The van der Waals surface area contributed by atoms with Crippen LogP contribution in [0.4, 0.5) is 0 Å². The van der Waals surface area contributed by atoms with E-state index in [2.05, 4.69) is 5.32 Å². The third-order valence-corrected chi connectivity index (χ3v) is 11.3. The van der Waals surface area contributed by atoms with Gasteiger partial charge in [-0.05, 0) is 32.3 Å². The molecule has 2 aliphatic carbocycles. The van der Waals surface area contributed by atoms with Gasteiger partial charge in [0.05, 0.1) is 47.7 Å². The molecule has 3 aliphatic heterocycles. The number of Topliss-reactive ketones (excluding diaryl/α,β-unsaturated/α-hetero) is 4. The van der Waals surface area contributed by atoms with Crippen molar-refractivity contribution in [2.24, 2.45) is 29.6 Å². The van der Waals surface area contributed by atoms with E-state index in [0.29, 0.717) is 0 Å².